The molecule has 0 saturated carbocycles. The van der Waals surface area contributed by atoms with Crippen molar-refractivity contribution in [3.05, 3.63) is 16.1 Å². The van der Waals surface area contributed by atoms with E-state index in [1.807, 2.05) is 6.92 Å². The molecule has 0 aromatic carbocycles. The second-order valence-electron chi connectivity index (χ2n) is 4.38. The summed E-state index contributed by atoms with van der Waals surface area (Å²) in [5.74, 6) is 0. The molecular formula is C11H18N2OS. The van der Waals surface area contributed by atoms with Gasteiger partial charge in [-0.3, -0.25) is 0 Å². The number of nitrogens with zero attached hydrogens (tertiary/aromatic N) is 1. The van der Waals surface area contributed by atoms with E-state index in [1.54, 1.807) is 11.3 Å². The number of thiazole rings is 1. The van der Waals surface area contributed by atoms with E-state index >= 15 is 0 Å². The Kier molecular flexibility index (Phi) is 3.38. The molecule has 0 spiro atoms. The quantitative estimate of drug-likeness (QED) is 0.857. The molecule has 1 fully saturated rings. The van der Waals surface area contributed by atoms with E-state index in [0.29, 0.717) is 0 Å². The summed E-state index contributed by atoms with van der Waals surface area (Å²) >= 11 is 1.71. The molecule has 4 heteroatoms. The molecule has 15 heavy (non-hydrogen) atoms. The number of rotatable bonds is 3. The molecule has 0 radical (unpaired) electrons. The zero-order valence-electron chi connectivity index (χ0n) is 9.38. The molecule has 2 heterocycles. The minimum absolute atomic E-state index is 0.232. The maximum Gasteiger partial charge on any atom is 0.0897 e. The number of ether oxygens (including phenoxy) is 1. The zero-order valence-corrected chi connectivity index (χ0v) is 10.2. The summed E-state index contributed by atoms with van der Waals surface area (Å²) in [6.45, 7) is 6.94. The van der Waals surface area contributed by atoms with E-state index in [2.05, 4.69) is 22.6 Å². The fourth-order valence-corrected chi connectivity index (χ4v) is 2.40. The van der Waals surface area contributed by atoms with Gasteiger partial charge >= 0.3 is 0 Å². The summed E-state index contributed by atoms with van der Waals surface area (Å²) in [4.78, 5) is 4.45. The molecule has 0 bridgehead atoms. The largest absolute Gasteiger partial charge is 0.381 e. The third-order valence-corrected chi connectivity index (χ3v) is 3.78. The highest BCUT2D eigenvalue weighted by atomic mass is 32.1. The third-order valence-electron chi connectivity index (χ3n) is 2.96. The lowest BCUT2D eigenvalue weighted by Crippen LogP contribution is -2.46. The first kappa shape index (κ1) is 11.0. The maximum atomic E-state index is 5.37. The first-order valence-corrected chi connectivity index (χ1v) is 6.30. The van der Waals surface area contributed by atoms with Crippen LogP contribution in [0.1, 0.15) is 30.5 Å². The molecule has 1 aromatic rings. The number of hydrogen-bond acceptors (Lipinski definition) is 4. The third kappa shape index (κ3) is 3.00. The summed E-state index contributed by atoms with van der Waals surface area (Å²) in [6.07, 6.45) is 2.19. The Labute approximate surface area is 94.9 Å². The van der Waals surface area contributed by atoms with Gasteiger partial charge in [0, 0.05) is 30.7 Å². The minimum atomic E-state index is 0.232. The van der Waals surface area contributed by atoms with Crippen molar-refractivity contribution in [2.45, 2.75) is 38.8 Å². The van der Waals surface area contributed by atoms with Crippen LogP contribution < -0.4 is 5.32 Å². The Hall–Kier alpha value is -0.450. The van der Waals surface area contributed by atoms with Crippen molar-refractivity contribution in [3.8, 4) is 0 Å². The van der Waals surface area contributed by atoms with Crippen molar-refractivity contribution < 1.29 is 4.74 Å². The van der Waals surface area contributed by atoms with E-state index in [1.165, 1.54) is 0 Å². The fourth-order valence-electron chi connectivity index (χ4n) is 1.79. The molecule has 0 unspecified atom stereocenters. The minimum Gasteiger partial charge on any atom is -0.381 e. The van der Waals surface area contributed by atoms with Crippen LogP contribution in [0, 0.1) is 6.92 Å². The zero-order chi connectivity index (χ0) is 10.7. The second kappa shape index (κ2) is 4.60. The summed E-state index contributed by atoms with van der Waals surface area (Å²) in [7, 11) is 0. The summed E-state index contributed by atoms with van der Waals surface area (Å²) < 4.78 is 5.37. The van der Waals surface area contributed by atoms with Gasteiger partial charge in [-0.25, -0.2) is 4.98 Å². The first-order chi connectivity index (χ1) is 7.18. The van der Waals surface area contributed by atoms with Crippen LogP contribution in [0.2, 0.25) is 0 Å². The number of aromatic nitrogens is 1. The average molecular weight is 226 g/mol. The van der Waals surface area contributed by atoms with Gasteiger partial charge in [-0.1, -0.05) is 0 Å². The van der Waals surface area contributed by atoms with Gasteiger partial charge in [-0.2, -0.15) is 0 Å². The van der Waals surface area contributed by atoms with Crippen molar-refractivity contribution >= 4 is 11.3 Å². The van der Waals surface area contributed by atoms with E-state index < -0.39 is 0 Å². The van der Waals surface area contributed by atoms with Crippen molar-refractivity contribution in [2.24, 2.45) is 0 Å². The molecule has 1 N–H and O–H groups in total. The molecular weight excluding hydrogens is 208 g/mol. The van der Waals surface area contributed by atoms with Gasteiger partial charge < -0.3 is 10.1 Å². The monoisotopic (exact) mass is 226 g/mol. The summed E-state index contributed by atoms with van der Waals surface area (Å²) in [5, 5.41) is 6.86. The Morgan fingerprint density at radius 3 is 2.87 bits per heavy atom. The van der Waals surface area contributed by atoms with Crippen LogP contribution in [0.15, 0.2) is 5.38 Å². The van der Waals surface area contributed by atoms with E-state index in [4.69, 9.17) is 4.74 Å². The predicted molar refractivity (Wildman–Crippen MR) is 62.1 cm³/mol. The highest BCUT2D eigenvalue weighted by Crippen LogP contribution is 2.20. The molecule has 0 aliphatic carbocycles. The molecule has 84 valence electrons. The highest BCUT2D eigenvalue weighted by molar-refractivity contribution is 7.09. The molecule has 1 aromatic heterocycles. The highest BCUT2D eigenvalue weighted by Gasteiger charge is 2.26. The summed E-state index contributed by atoms with van der Waals surface area (Å²) in [6, 6.07) is 0. The van der Waals surface area contributed by atoms with Gasteiger partial charge in [-0.05, 0) is 26.7 Å². The topological polar surface area (TPSA) is 34.2 Å². The van der Waals surface area contributed by atoms with Gasteiger partial charge in [0.1, 0.15) is 0 Å². The number of hydrogen-bond donors (Lipinski definition) is 1. The predicted octanol–water partition coefficient (Wildman–Crippen LogP) is 2.11. The van der Waals surface area contributed by atoms with Crippen molar-refractivity contribution in [3.63, 3.8) is 0 Å². The van der Waals surface area contributed by atoms with Crippen LogP contribution in [0.4, 0.5) is 0 Å². The molecule has 1 aliphatic rings. The number of aryl methyl sites for hydroxylation is 1. The van der Waals surface area contributed by atoms with Gasteiger partial charge in [0.25, 0.3) is 0 Å². The fraction of sp³-hybridized carbons (Fsp3) is 0.727. The van der Waals surface area contributed by atoms with Crippen LogP contribution >= 0.6 is 11.3 Å². The lowest BCUT2D eigenvalue weighted by molar-refractivity contribution is 0.0445. The van der Waals surface area contributed by atoms with Gasteiger partial charge in [0.15, 0.2) is 0 Å². The summed E-state index contributed by atoms with van der Waals surface area (Å²) in [5.41, 5.74) is 1.39. The van der Waals surface area contributed by atoms with Crippen LogP contribution in [-0.2, 0) is 11.3 Å². The molecule has 1 aliphatic heterocycles. The van der Waals surface area contributed by atoms with Crippen LogP contribution in [0.5, 0.6) is 0 Å². The Morgan fingerprint density at radius 2 is 2.27 bits per heavy atom. The van der Waals surface area contributed by atoms with Crippen LogP contribution in [0.3, 0.4) is 0 Å². The van der Waals surface area contributed by atoms with E-state index in [-0.39, 0.29) is 5.54 Å². The van der Waals surface area contributed by atoms with Gasteiger partial charge in [0.2, 0.25) is 0 Å². The Bertz CT molecular complexity index is 318. The molecule has 0 atom stereocenters. The average Bonchev–Trinajstić information content (AvgIpc) is 2.63. The molecule has 3 nitrogen and oxygen atoms in total. The maximum absolute atomic E-state index is 5.37. The van der Waals surface area contributed by atoms with Crippen molar-refractivity contribution in [2.75, 3.05) is 13.2 Å². The van der Waals surface area contributed by atoms with Crippen molar-refractivity contribution in [1.29, 1.82) is 0 Å². The molecule has 0 amide bonds. The van der Waals surface area contributed by atoms with Crippen LogP contribution in [-0.4, -0.2) is 23.7 Å². The second-order valence-corrected chi connectivity index (χ2v) is 5.45. The van der Waals surface area contributed by atoms with Gasteiger partial charge in [-0.15, -0.1) is 11.3 Å². The Morgan fingerprint density at radius 1 is 1.53 bits per heavy atom. The molecule has 2 rings (SSSR count). The standard InChI is InChI=1S/C11H18N2OS/c1-9-13-10(8-15-9)7-12-11(2)3-5-14-6-4-11/h8,12H,3-7H2,1-2H3. The lowest BCUT2D eigenvalue weighted by atomic mass is 9.92. The smallest absolute Gasteiger partial charge is 0.0897 e. The van der Waals surface area contributed by atoms with Crippen molar-refractivity contribution in [1.82, 2.24) is 10.3 Å². The normalized spacial score (nSPS) is 20.4. The number of nitrogens with one attached hydrogen (secondary N) is 1. The van der Waals surface area contributed by atoms with Gasteiger partial charge in [0.05, 0.1) is 10.7 Å². The molecule has 1 saturated heterocycles. The van der Waals surface area contributed by atoms with Crippen LogP contribution in [0.25, 0.3) is 0 Å². The van der Waals surface area contributed by atoms with E-state index in [0.717, 1.165) is 43.3 Å². The first-order valence-electron chi connectivity index (χ1n) is 5.42. The SMILES string of the molecule is Cc1nc(CNC2(C)CCOCC2)cs1. The Balaban J connectivity index is 1.86. The van der Waals surface area contributed by atoms with E-state index in [9.17, 15) is 0 Å². The lowest BCUT2D eigenvalue weighted by Gasteiger charge is -2.34.